The number of esters is 1. The SMILES string of the molecule is C=CCc1ccccc1C(=O)CCC(=[N+]=[N-])C(=O)OC. The van der Waals surface area contributed by atoms with E-state index in [-0.39, 0.29) is 24.3 Å². The molecular formula is C15H16N2O3. The zero-order valence-electron chi connectivity index (χ0n) is 11.3. The quantitative estimate of drug-likeness (QED) is 0.191. The Hall–Kier alpha value is -2.52. The molecule has 0 radical (unpaired) electrons. The van der Waals surface area contributed by atoms with Crippen LogP contribution in [-0.2, 0) is 16.0 Å². The van der Waals surface area contributed by atoms with Crippen LogP contribution in [0.15, 0.2) is 36.9 Å². The number of carbonyl (C=O) groups excluding carboxylic acids is 2. The zero-order chi connectivity index (χ0) is 15.0. The third-order valence-corrected chi connectivity index (χ3v) is 2.81. The molecule has 1 aromatic rings. The van der Waals surface area contributed by atoms with Crippen molar-refractivity contribution in [1.82, 2.24) is 0 Å². The van der Waals surface area contributed by atoms with Gasteiger partial charge in [0.1, 0.15) is 0 Å². The van der Waals surface area contributed by atoms with Crippen molar-refractivity contribution in [3.8, 4) is 0 Å². The monoisotopic (exact) mass is 272 g/mol. The maximum Gasteiger partial charge on any atom is 0.416 e. The number of allylic oxidation sites excluding steroid dienone is 1. The van der Waals surface area contributed by atoms with Crippen LogP contribution in [0.3, 0.4) is 0 Å². The van der Waals surface area contributed by atoms with Crippen LogP contribution >= 0.6 is 0 Å². The largest absolute Gasteiger partial charge is 0.460 e. The molecule has 104 valence electrons. The van der Waals surface area contributed by atoms with Crippen molar-refractivity contribution in [3.63, 3.8) is 0 Å². The van der Waals surface area contributed by atoms with E-state index in [1.54, 1.807) is 18.2 Å². The lowest BCUT2D eigenvalue weighted by Crippen LogP contribution is -2.18. The lowest BCUT2D eigenvalue weighted by Gasteiger charge is -2.05. The summed E-state index contributed by atoms with van der Waals surface area (Å²) in [6.45, 7) is 3.65. The van der Waals surface area contributed by atoms with Gasteiger partial charge in [-0.2, -0.15) is 4.79 Å². The second-order valence-electron chi connectivity index (χ2n) is 4.11. The van der Waals surface area contributed by atoms with Gasteiger partial charge in [0.2, 0.25) is 0 Å². The molecule has 0 N–H and O–H groups in total. The van der Waals surface area contributed by atoms with Gasteiger partial charge < -0.3 is 10.3 Å². The summed E-state index contributed by atoms with van der Waals surface area (Å²) >= 11 is 0. The summed E-state index contributed by atoms with van der Waals surface area (Å²) in [5.41, 5.74) is 10.0. The molecule has 1 rings (SSSR count). The maximum absolute atomic E-state index is 12.1. The van der Waals surface area contributed by atoms with Crippen molar-refractivity contribution >= 4 is 17.5 Å². The molecule has 0 aliphatic carbocycles. The Labute approximate surface area is 117 Å². The van der Waals surface area contributed by atoms with E-state index in [4.69, 9.17) is 5.53 Å². The molecule has 0 aliphatic rings. The van der Waals surface area contributed by atoms with E-state index in [9.17, 15) is 9.59 Å². The van der Waals surface area contributed by atoms with E-state index in [1.165, 1.54) is 7.11 Å². The molecule has 5 heteroatoms. The van der Waals surface area contributed by atoms with Gasteiger partial charge >= 0.3 is 11.7 Å². The first-order valence-electron chi connectivity index (χ1n) is 6.15. The average molecular weight is 272 g/mol. The van der Waals surface area contributed by atoms with Crippen molar-refractivity contribution in [2.45, 2.75) is 19.3 Å². The summed E-state index contributed by atoms with van der Waals surface area (Å²) in [5.74, 6) is -0.854. The van der Waals surface area contributed by atoms with Crippen molar-refractivity contribution in [2.24, 2.45) is 0 Å². The first-order chi connectivity index (χ1) is 9.63. The predicted molar refractivity (Wildman–Crippen MR) is 74.5 cm³/mol. The molecule has 0 atom stereocenters. The Morgan fingerprint density at radius 2 is 2.05 bits per heavy atom. The van der Waals surface area contributed by atoms with Gasteiger partial charge in [0.25, 0.3) is 0 Å². The third-order valence-electron chi connectivity index (χ3n) is 2.81. The molecule has 0 spiro atoms. The minimum Gasteiger partial charge on any atom is -0.460 e. The van der Waals surface area contributed by atoms with Crippen LogP contribution in [0.1, 0.15) is 28.8 Å². The molecule has 20 heavy (non-hydrogen) atoms. The van der Waals surface area contributed by atoms with Crippen molar-refractivity contribution < 1.29 is 19.1 Å². The molecule has 0 aromatic heterocycles. The van der Waals surface area contributed by atoms with E-state index < -0.39 is 5.97 Å². The fraction of sp³-hybridized carbons (Fsp3) is 0.267. The summed E-state index contributed by atoms with van der Waals surface area (Å²) in [6, 6.07) is 7.22. The van der Waals surface area contributed by atoms with Crippen LogP contribution in [-0.4, -0.2) is 29.4 Å². The summed E-state index contributed by atoms with van der Waals surface area (Å²) < 4.78 is 4.45. The van der Waals surface area contributed by atoms with Crippen LogP contribution in [0.25, 0.3) is 5.53 Å². The highest BCUT2D eigenvalue weighted by Crippen LogP contribution is 2.13. The van der Waals surface area contributed by atoms with Gasteiger partial charge in [0.15, 0.2) is 5.78 Å². The Morgan fingerprint density at radius 3 is 2.65 bits per heavy atom. The second-order valence-corrected chi connectivity index (χ2v) is 4.11. The number of Topliss-reactive ketones (excluding diaryl/α,β-unsaturated/α-hetero) is 1. The lowest BCUT2D eigenvalue weighted by atomic mass is 9.98. The molecule has 0 aliphatic heterocycles. The first kappa shape index (κ1) is 15.5. The number of hydrogen-bond acceptors (Lipinski definition) is 3. The molecule has 0 amide bonds. The number of hydrogen-bond donors (Lipinski definition) is 0. The van der Waals surface area contributed by atoms with Gasteiger partial charge in [0, 0.05) is 12.0 Å². The van der Waals surface area contributed by atoms with Crippen molar-refractivity contribution in [1.29, 1.82) is 0 Å². The molecule has 0 bridgehead atoms. The number of ketones is 1. The smallest absolute Gasteiger partial charge is 0.416 e. The van der Waals surface area contributed by atoms with Crippen LogP contribution in [0.4, 0.5) is 0 Å². The molecule has 0 saturated carbocycles. The van der Waals surface area contributed by atoms with Gasteiger partial charge in [-0.3, -0.25) is 4.79 Å². The van der Waals surface area contributed by atoms with Gasteiger partial charge in [-0.05, 0) is 12.0 Å². The number of carbonyl (C=O) groups is 2. The van der Waals surface area contributed by atoms with E-state index >= 15 is 0 Å². The van der Waals surface area contributed by atoms with Crippen molar-refractivity contribution in [2.75, 3.05) is 7.11 Å². The van der Waals surface area contributed by atoms with Gasteiger partial charge in [0.05, 0.1) is 13.5 Å². The van der Waals surface area contributed by atoms with Crippen LogP contribution < -0.4 is 0 Å². The highest BCUT2D eigenvalue weighted by atomic mass is 16.5. The fourth-order valence-electron chi connectivity index (χ4n) is 1.80. The van der Waals surface area contributed by atoms with Crippen LogP contribution in [0.2, 0.25) is 0 Å². The zero-order valence-corrected chi connectivity index (χ0v) is 11.3. The summed E-state index contributed by atoms with van der Waals surface area (Å²) in [4.78, 5) is 26.2. The van der Waals surface area contributed by atoms with E-state index in [0.717, 1.165) is 5.56 Å². The fourth-order valence-corrected chi connectivity index (χ4v) is 1.80. The number of rotatable bonds is 7. The number of methoxy groups -OCH3 is 1. The standard InChI is InChI=1S/C15H16N2O3/c1-3-6-11-7-4-5-8-12(11)14(18)10-9-13(17-16)15(19)20-2/h3-5,7-8H,1,6,9-10H2,2H3. The highest BCUT2D eigenvalue weighted by Gasteiger charge is 2.22. The minimum atomic E-state index is -0.736. The van der Waals surface area contributed by atoms with Crippen molar-refractivity contribution in [3.05, 3.63) is 53.6 Å². The van der Waals surface area contributed by atoms with E-state index in [1.807, 2.05) is 12.1 Å². The first-order valence-corrected chi connectivity index (χ1v) is 6.15. The maximum atomic E-state index is 12.1. The van der Waals surface area contributed by atoms with Crippen LogP contribution in [0.5, 0.6) is 0 Å². The highest BCUT2D eigenvalue weighted by molar-refractivity contribution is 6.34. The van der Waals surface area contributed by atoms with Crippen LogP contribution in [0, 0.1) is 0 Å². The predicted octanol–water partition coefficient (Wildman–Crippen LogP) is 2.22. The Kier molecular flexibility index (Phi) is 6.07. The Balaban J connectivity index is 2.79. The topological polar surface area (TPSA) is 79.8 Å². The normalized spacial score (nSPS) is 9.45. The number of ether oxygens (including phenoxy) is 1. The Morgan fingerprint density at radius 1 is 1.35 bits per heavy atom. The summed E-state index contributed by atoms with van der Waals surface area (Å²) in [7, 11) is 1.19. The number of benzene rings is 1. The molecule has 0 fully saturated rings. The molecule has 0 saturated heterocycles. The average Bonchev–Trinajstić information content (AvgIpc) is 2.48. The molecule has 0 heterocycles. The summed E-state index contributed by atoms with van der Waals surface area (Å²) in [5, 5.41) is 0. The molecule has 5 nitrogen and oxygen atoms in total. The van der Waals surface area contributed by atoms with Gasteiger partial charge in [-0.15, -0.1) is 6.58 Å². The number of nitrogens with zero attached hydrogens (tertiary/aromatic N) is 2. The molecule has 0 unspecified atom stereocenters. The van der Waals surface area contributed by atoms with Gasteiger partial charge in [-0.25, -0.2) is 4.79 Å². The molecular weight excluding hydrogens is 256 g/mol. The minimum absolute atomic E-state index is 0.0322. The van der Waals surface area contributed by atoms with E-state index in [0.29, 0.717) is 12.0 Å². The summed E-state index contributed by atoms with van der Waals surface area (Å²) in [6.07, 6.45) is 2.42. The lowest BCUT2D eigenvalue weighted by molar-refractivity contribution is -0.137. The third kappa shape index (κ3) is 4.00. The second kappa shape index (κ2) is 7.81. The Bertz CT molecular complexity index is 572. The molecule has 1 aromatic carbocycles. The van der Waals surface area contributed by atoms with Gasteiger partial charge in [-0.1, -0.05) is 30.3 Å². The van der Waals surface area contributed by atoms with E-state index in [2.05, 4.69) is 16.1 Å².